The minimum atomic E-state index is -0.177. The first-order valence-corrected chi connectivity index (χ1v) is 3.83. The Morgan fingerprint density at radius 1 is 1.17 bits per heavy atom. The van der Waals surface area contributed by atoms with Crippen LogP contribution in [0.1, 0.15) is 11.3 Å². The van der Waals surface area contributed by atoms with Gasteiger partial charge in [-0.15, -0.1) is 0 Å². The molecule has 0 atom stereocenters. The number of fused-ring (bicyclic) bond motifs is 1. The average Bonchev–Trinajstić information content (AvgIpc) is 2.30. The van der Waals surface area contributed by atoms with Crippen LogP contribution in [-0.2, 0) is 0 Å². The molecule has 1 aromatic heterocycles. The van der Waals surface area contributed by atoms with Crippen LogP contribution in [-0.4, -0.2) is 0 Å². The third-order valence-corrected chi connectivity index (χ3v) is 1.92. The molecule has 1 heterocycles. The zero-order chi connectivity index (χ0) is 8.72. The summed E-state index contributed by atoms with van der Waals surface area (Å²) in [6.45, 7) is 3.58. The average molecular weight is 164 g/mol. The van der Waals surface area contributed by atoms with Crippen LogP contribution in [0.5, 0.6) is 0 Å². The van der Waals surface area contributed by atoms with Gasteiger partial charge in [-0.1, -0.05) is 0 Å². The predicted octanol–water partition coefficient (Wildman–Crippen LogP) is 3.19. The van der Waals surface area contributed by atoms with E-state index in [2.05, 4.69) is 0 Å². The summed E-state index contributed by atoms with van der Waals surface area (Å²) in [5.74, 6) is 0.637. The highest BCUT2D eigenvalue weighted by atomic mass is 19.1. The standard InChI is InChI=1S/C10H9FO/c1-6-3-10-8(5-9(6)11)4-7(2)12-10/h3-5H,1-2H3. The van der Waals surface area contributed by atoms with Crippen LogP contribution >= 0.6 is 0 Å². The molecule has 0 saturated carbocycles. The lowest BCUT2D eigenvalue weighted by Gasteiger charge is -1.93. The molecule has 1 aromatic carbocycles. The number of rotatable bonds is 0. The lowest BCUT2D eigenvalue weighted by molar-refractivity contribution is 0.575. The molecule has 2 rings (SSSR count). The highest BCUT2D eigenvalue weighted by Crippen LogP contribution is 2.21. The Hall–Kier alpha value is -1.31. The van der Waals surface area contributed by atoms with Gasteiger partial charge >= 0.3 is 0 Å². The largest absolute Gasteiger partial charge is 0.461 e. The van der Waals surface area contributed by atoms with Gasteiger partial charge in [0.25, 0.3) is 0 Å². The van der Waals surface area contributed by atoms with Crippen LogP contribution < -0.4 is 0 Å². The topological polar surface area (TPSA) is 13.1 Å². The van der Waals surface area contributed by atoms with Crippen molar-refractivity contribution in [3.05, 3.63) is 35.3 Å². The summed E-state index contributed by atoms with van der Waals surface area (Å²) in [5, 5.41) is 0.829. The van der Waals surface area contributed by atoms with E-state index in [4.69, 9.17) is 4.42 Å². The monoisotopic (exact) mass is 164 g/mol. The highest BCUT2D eigenvalue weighted by Gasteiger charge is 2.03. The summed E-state index contributed by atoms with van der Waals surface area (Å²) >= 11 is 0. The van der Waals surface area contributed by atoms with E-state index in [1.54, 1.807) is 13.0 Å². The molecule has 0 bridgehead atoms. The second-order valence-corrected chi connectivity index (χ2v) is 3.00. The summed E-state index contributed by atoms with van der Waals surface area (Å²) in [5.41, 5.74) is 1.38. The first kappa shape index (κ1) is 7.35. The van der Waals surface area contributed by atoms with Crippen LogP contribution in [0, 0.1) is 19.7 Å². The van der Waals surface area contributed by atoms with Crippen molar-refractivity contribution in [1.82, 2.24) is 0 Å². The second-order valence-electron chi connectivity index (χ2n) is 3.00. The molecule has 0 aliphatic heterocycles. The normalized spacial score (nSPS) is 10.9. The summed E-state index contributed by atoms with van der Waals surface area (Å²) in [7, 11) is 0. The van der Waals surface area contributed by atoms with Gasteiger partial charge in [0.2, 0.25) is 0 Å². The molecule has 12 heavy (non-hydrogen) atoms. The Labute approximate surface area is 69.8 Å². The van der Waals surface area contributed by atoms with Gasteiger partial charge in [-0.25, -0.2) is 4.39 Å². The molecule has 0 amide bonds. The molecule has 2 heteroatoms. The Morgan fingerprint density at radius 3 is 2.67 bits per heavy atom. The second kappa shape index (κ2) is 2.34. The fourth-order valence-corrected chi connectivity index (χ4v) is 1.29. The first-order valence-electron chi connectivity index (χ1n) is 3.83. The van der Waals surface area contributed by atoms with E-state index in [0.29, 0.717) is 5.56 Å². The van der Waals surface area contributed by atoms with Crippen molar-refractivity contribution in [1.29, 1.82) is 0 Å². The molecule has 62 valence electrons. The van der Waals surface area contributed by atoms with Crippen molar-refractivity contribution in [3.8, 4) is 0 Å². The van der Waals surface area contributed by atoms with E-state index >= 15 is 0 Å². The maximum Gasteiger partial charge on any atom is 0.134 e. The lowest BCUT2D eigenvalue weighted by atomic mass is 10.2. The Kier molecular flexibility index (Phi) is 1.43. The smallest absolute Gasteiger partial charge is 0.134 e. The van der Waals surface area contributed by atoms with Crippen molar-refractivity contribution in [3.63, 3.8) is 0 Å². The van der Waals surface area contributed by atoms with E-state index in [-0.39, 0.29) is 5.82 Å². The Balaban J connectivity index is 2.83. The van der Waals surface area contributed by atoms with Crippen molar-refractivity contribution >= 4 is 11.0 Å². The number of halogens is 1. The summed E-state index contributed by atoms with van der Waals surface area (Å²) in [4.78, 5) is 0. The summed E-state index contributed by atoms with van der Waals surface area (Å²) in [6.07, 6.45) is 0. The van der Waals surface area contributed by atoms with Gasteiger partial charge in [-0.05, 0) is 37.6 Å². The molecular formula is C10H9FO. The molecule has 0 saturated heterocycles. The van der Waals surface area contributed by atoms with Crippen LogP contribution in [0.4, 0.5) is 4.39 Å². The first-order chi connectivity index (χ1) is 5.66. The van der Waals surface area contributed by atoms with E-state index < -0.39 is 0 Å². The molecule has 1 nitrogen and oxygen atoms in total. The molecule has 2 aromatic rings. The lowest BCUT2D eigenvalue weighted by Crippen LogP contribution is -1.79. The fraction of sp³-hybridized carbons (Fsp3) is 0.200. The van der Waals surface area contributed by atoms with Gasteiger partial charge in [-0.3, -0.25) is 0 Å². The molecule has 0 aliphatic carbocycles. The van der Waals surface area contributed by atoms with Crippen molar-refractivity contribution in [2.45, 2.75) is 13.8 Å². The molecule has 0 radical (unpaired) electrons. The quantitative estimate of drug-likeness (QED) is 0.582. The van der Waals surface area contributed by atoms with Gasteiger partial charge in [0.15, 0.2) is 0 Å². The van der Waals surface area contributed by atoms with Gasteiger partial charge < -0.3 is 4.42 Å². The predicted molar refractivity (Wildman–Crippen MR) is 45.6 cm³/mol. The molecule has 0 fully saturated rings. The van der Waals surface area contributed by atoms with Gasteiger partial charge in [-0.2, -0.15) is 0 Å². The van der Waals surface area contributed by atoms with E-state index in [1.165, 1.54) is 6.07 Å². The number of hydrogen-bond donors (Lipinski definition) is 0. The number of furan rings is 1. The molecular weight excluding hydrogens is 155 g/mol. The summed E-state index contributed by atoms with van der Waals surface area (Å²) < 4.78 is 18.4. The molecule has 0 N–H and O–H groups in total. The Bertz CT molecular complexity index is 390. The molecule has 0 aliphatic rings. The van der Waals surface area contributed by atoms with Gasteiger partial charge in [0, 0.05) is 5.39 Å². The van der Waals surface area contributed by atoms with Crippen molar-refractivity contribution in [2.24, 2.45) is 0 Å². The van der Waals surface area contributed by atoms with Crippen LogP contribution in [0.15, 0.2) is 22.6 Å². The zero-order valence-electron chi connectivity index (χ0n) is 7.02. The van der Waals surface area contributed by atoms with E-state index in [1.807, 2.05) is 13.0 Å². The maximum absolute atomic E-state index is 13.0. The Morgan fingerprint density at radius 2 is 1.92 bits per heavy atom. The SMILES string of the molecule is Cc1cc2cc(F)c(C)cc2o1. The van der Waals surface area contributed by atoms with Crippen LogP contribution in [0.25, 0.3) is 11.0 Å². The summed E-state index contributed by atoms with van der Waals surface area (Å²) in [6, 6.07) is 5.05. The van der Waals surface area contributed by atoms with E-state index in [0.717, 1.165) is 16.7 Å². The maximum atomic E-state index is 13.0. The van der Waals surface area contributed by atoms with Crippen molar-refractivity contribution < 1.29 is 8.81 Å². The molecule has 0 spiro atoms. The minimum Gasteiger partial charge on any atom is -0.461 e. The van der Waals surface area contributed by atoms with Crippen LogP contribution in [0.3, 0.4) is 0 Å². The zero-order valence-corrected chi connectivity index (χ0v) is 7.02. The number of benzene rings is 1. The fourth-order valence-electron chi connectivity index (χ4n) is 1.29. The van der Waals surface area contributed by atoms with Crippen molar-refractivity contribution in [2.75, 3.05) is 0 Å². The van der Waals surface area contributed by atoms with Crippen LogP contribution in [0.2, 0.25) is 0 Å². The number of hydrogen-bond acceptors (Lipinski definition) is 1. The third kappa shape index (κ3) is 0.998. The third-order valence-electron chi connectivity index (χ3n) is 1.92. The highest BCUT2D eigenvalue weighted by molar-refractivity contribution is 5.78. The van der Waals surface area contributed by atoms with Gasteiger partial charge in [0.1, 0.15) is 17.2 Å². The van der Waals surface area contributed by atoms with Gasteiger partial charge in [0.05, 0.1) is 0 Å². The van der Waals surface area contributed by atoms with E-state index in [9.17, 15) is 4.39 Å². The number of aryl methyl sites for hydroxylation is 2. The molecule has 0 unspecified atom stereocenters. The minimum absolute atomic E-state index is 0.177.